The third kappa shape index (κ3) is 7.36. The summed E-state index contributed by atoms with van der Waals surface area (Å²) in [6.07, 6.45) is 12.1. The van der Waals surface area contributed by atoms with Gasteiger partial charge in [-0.3, -0.25) is 0 Å². The molecule has 7 heteroatoms. The molecule has 1 heterocycles. The first kappa shape index (κ1) is 25.3. The summed E-state index contributed by atoms with van der Waals surface area (Å²) >= 11 is 0. The van der Waals surface area contributed by atoms with Crippen LogP contribution in [-0.2, 0) is 14.2 Å². The Hall–Kier alpha value is -2.28. The number of amides is 1. The van der Waals surface area contributed by atoms with Gasteiger partial charge in [0.05, 0.1) is 25.4 Å². The Balaban J connectivity index is 1.64. The minimum Gasteiger partial charge on any atom is -0.497 e. The van der Waals surface area contributed by atoms with Gasteiger partial charge >= 0.3 is 6.09 Å². The summed E-state index contributed by atoms with van der Waals surface area (Å²) in [5, 5.41) is 13.5. The number of hydrogen-bond acceptors (Lipinski definition) is 5. The summed E-state index contributed by atoms with van der Waals surface area (Å²) in [7, 11) is 0. The minimum absolute atomic E-state index is 0.0556. The molecule has 2 N–H and O–H groups in total. The Morgan fingerprint density at radius 3 is 2.64 bits per heavy atom. The van der Waals surface area contributed by atoms with E-state index in [-0.39, 0.29) is 23.9 Å². The van der Waals surface area contributed by atoms with Crippen LogP contribution in [-0.4, -0.2) is 42.7 Å². The lowest BCUT2D eigenvalue weighted by molar-refractivity contribution is 0.0885. The van der Waals surface area contributed by atoms with E-state index >= 15 is 0 Å². The van der Waals surface area contributed by atoms with Crippen LogP contribution in [0.1, 0.15) is 71.6 Å². The third-order valence-electron chi connectivity index (χ3n) is 6.42. The lowest BCUT2D eigenvalue weighted by atomic mass is 9.85. The standard InChI is InChI=1S/C26H38FNO5/c1-3-5-15-31-20-11-12-21(24(17-20)32-16-6-4-2)25-23(33-26(30)28-25)14-13-22(29)18-7-9-19(27)10-8-18/h7,9,11,17,21-23,25,29H,3-6,8,10,12-16H2,1-2H3,(H,28,30)/t21?,22-,23+,25+/m0/s1. The molecular formula is C26H38FNO5. The Bertz CT molecular complexity index is 788. The molecule has 3 aliphatic rings. The lowest BCUT2D eigenvalue weighted by Gasteiger charge is -2.30. The van der Waals surface area contributed by atoms with Crippen molar-refractivity contribution >= 4 is 6.09 Å². The van der Waals surface area contributed by atoms with Gasteiger partial charge in [-0.25, -0.2) is 9.18 Å². The van der Waals surface area contributed by atoms with E-state index in [0.29, 0.717) is 45.3 Å². The van der Waals surface area contributed by atoms with Crippen LogP contribution in [0.5, 0.6) is 0 Å². The normalized spacial score (nSPS) is 25.8. The molecule has 0 aromatic carbocycles. The smallest absolute Gasteiger partial charge is 0.407 e. The highest BCUT2D eigenvalue weighted by Gasteiger charge is 2.42. The molecule has 1 saturated heterocycles. The van der Waals surface area contributed by atoms with Crippen molar-refractivity contribution in [3.63, 3.8) is 0 Å². The zero-order valence-electron chi connectivity index (χ0n) is 19.9. The van der Waals surface area contributed by atoms with Gasteiger partial charge in [0, 0.05) is 18.4 Å². The van der Waals surface area contributed by atoms with Crippen LogP contribution in [0.3, 0.4) is 0 Å². The number of cyclic esters (lactones) is 1. The van der Waals surface area contributed by atoms with E-state index < -0.39 is 12.2 Å². The van der Waals surface area contributed by atoms with Gasteiger partial charge in [-0.2, -0.15) is 0 Å². The zero-order valence-corrected chi connectivity index (χ0v) is 19.9. The fourth-order valence-corrected chi connectivity index (χ4v) is 4.39. The molecular weight excluding hydrogens is 425 g/mol. The fraction of sp³-hybridized carbons (Fsp3) is 0.654. The molecule has 4 atom stereocenters. The molecule has 1 fully saturated rings. The number of aliphatic hydroxyl groups is 1. The summed E-state index contributed by atoms with van der Waals surface area (Å²) in [6, 6.07) is -0.247. The van der Waals surface area contributed by atoms with Gasteiger partial charge in [0.15, 0.2) is 0 Å². The monoisotopic (exact) mass is 463 g/mol. The van der Waals surface area contributed by atoms with E-state index in [9.17, 15) is 14.3 Å². The van der Waals surface area contributed by atoms with Crippen LogP contribution in [0.15, 0.2) is 47.2 Å². The first-order valence-electron chi connectivity index (χ1n) is 12.4. The van der Waals surface area contributed by atoms with E-state index in [1.165, 1.54) is 6.08 Å². The molecule has 1 aliphatic heterocycles. The molecule has 1 unspecified atom stereocenters. The van der Waals surface area contributed by atoms with E-state index in [0.717, 1.165) is 42.8 Å². The number of aliphatic hydroxyl groups excluding tert-OH is 1. The highest BCUT2D eigenvalue weighted by atomic mass is 19.1. The van der Waals surface area contributed by atoms with Crippen molar-refractivity contribution in [3.05, 3.63) is 47.2 Å². The van der Waals surface area contributed by atoms with Crippen molar-refractivity contribution in [2.45, 2.75) is 89.9 Å². The topological polar surface area (TPSA) is 77.0 Å². The Labute approximate surface area is 196 Å². The maximum atomic E-state index is 13.3. The van der Waals surface area contributed by atoms with E-state index in [2.05, 4.69) is 25.2 Å². The molecule has 0 aromatic rings. The Kier molecular flexibility index (Phi) is 9.85. The maximum absolute atomic E-state index is 13.3. The van der Waals surface area contributed by atoms with Crippen LogP contribution < -0.4 is 5.32 Å². The van der Waals surface area contributed by atoms with Crippen molar-refractivity contribution in [1.82, 2.24) is 5.32 Å². The molecule has 0 radical (unpaired) electrons. The first-order chi connectivity index (χ1) is 16.0. The number of unbranched alkanes of at least 4 members (excludes halogenated alkanes) is 2. The van der Waals surface area contributed by atoms with E-state index in [4.69, 9.17) is 14.2 Å². The zero-order chi connectivity index (χ0) is 23.6. The molecule has 0 aromatic heterocycles. The number of allylic oxidation sites excluding steroid dienone is 5. The number of ether oxygens (including phenoxy) is 3. The Morgan fingerprint density at radius 1 is 1.18 bits per heavy atom. The highest BCUT2D eigenvalue weighted by Crippen LogP contribution is 2.34. The average molecular weight is 464 g/mol. The average Bonchev–Trinajstić information content (AvgIpc) is 3.18. The minimum atomic E-state index is -0.671. The van der Waals surface area contributed by atoms with Crippen molar-refractivity contribution in [1.29, 1.82) is 0 Å². The van der Waals surface area contributed by atoms with E-state index in [1.54, 1.807) is 6.08 Å². The molecule has 6 nitrogen and oxygen atoms in total. The van der Waals surface area contributed by atoms with Gasteiger partial charge < -0.3 is 24.6 Å². The molecule has 184 valence electrons. The molecule has 0 spiro atoms. The molecule has 0 bridgehead atoms. The largest absolute Gasteiger partial charge is 0.497 e. The third-order valence-corrected chi connectivity index (χ3v) is 6.42. The number of carbonyl (C=O) groups is 1. The SMILES string of the molecule is CCCCOC1=CCC([C@H]2NC(=O)O[C@@H]2CC[C@H](O)C2=CC=C(F)CC2)C(OCCCC)=C1. The number of carbonyl (C=O) groups excluding carboxylic acids is 1. The number of alkyl carbamates (subject to hydrolysis) is 1. The number of nitrogens with one attached hydrogen (secondary N) is 1. The van der Waals surface area contributed by atoms with Crippen LogP contribution in [0.4, 0.5) is 9.18 Å². The second-order valence-electron chi connectivity index (χ2n) is 8.96. The quantitative estimate of drug-likeness (QED) is 0.348. The van der Waals surface area contributed by atoms with E-state index in [1.807, 2.05) is 6.08 Å². The van der Waals surface area contributed by atoms with Gasteiger partial charge in [0.25, 0.3) is 0 Å². The van der Waals surface area contributed by atoms with Crippen molar-refractivity contribution in [2.75, 3.05) is 13.2 Å². The van der Waals surface area contributed by atoms with Crippen LogP contribution in [0, 0.1) is 5.92 Å². The summed E-state index contributed by atoms with van der Waals surface area (Å²) in [4.78, 5) is 12.1. The van der Waals surface area contributed by atoms with Gasteiger partial charge in [-0.15, -0.1) is 0 Å². The number of halogens is 1. The molecule has 2 aliphatic carbocycles. The predicted molar refractivity (Wildman–Crippen MR) is 125 cm³/mol. The fourth-order valence-electron chi connectivity index (χ4n) is 4.39. The van der Waals surface area contributed by atoms with Gasteiger partial charge in [-0.05, 0) is 56.3 Å². The predicted octanol–water partition coefficient (Wildman–Crippen LogP) is 5.60. The van der Waals surface area contributed by atoms with Gasteiger partial charge in [-0.1, -0.05) is 32.8 Å². The molecule has 1 amide bonds. The highest BCUT2D eigenvalue weighted by molar-refractivity contribution is 5.70. The lowest BCUT2D eigenvalue weighted by Crippen LogP contribution is -2.41. The van der Waals surface area contributed by atoms with Crippen molar-refractivity contribution < 1.29 is 28.5 Å². The maximum Gasteiger partial charge on any atom is 0.407 e. The van der Waals surface area contributed by atoms with Crippen molar-refractivity contribution in [2.24, 2.45) is 5.92 Å². The molecule has 3 rings (SSSR count). The molecule has 33 heavy (non-hydrogen) atoms. The van der Waals surface area contributed by atoms with Crippen LogP contribution in [0.2, 0.25) is 0 Å². The van der Waals surface area contributed by atoms with Crippen molar-refractivity contribution in [3.8, 4) is 0 Å². The second kappa shape index (κ2) is 12.8. The second-order valence-corrected chi connectivity index (χ2v) is 8.96. The van der Waals surface area contributed by atoms with Gasteiger partial charge in [0.1, 0.15) is 23.4 Å². The number of rotatable bonds is 13. The first-order valence-corrected chi connectivity index (χ1v) is 12.4. The Morgan fingerprint density at radius 2 is 1.94 bits per heavy atom. The summed E-state index contributed by atoms with van der Waals surface area (Å²) in [5.74, 6) is 1.41. The summed E-state index contributed by atoms with van der Waals surface area (Å²) < 4.78 is 30.8. The van der Waals surface area contributed by atoms with Gasteiger partial charge in [0.2, 0.25) is 0 Å². The summed E-state index contributed by atoms with van der Waals surface area (Å²) in [5.41, 5.74) is 0.822. The number of hydrogen-bond donors (Lipinski definition) is 2. The summed E-state index contributed by atoms with van der Waals surface area (Å²) in [6.45, 7) is 5.53. The molecule has 0 saturated carbocycles. The van der Waals surface area contributed by atoms with Crippen LogP contribution in [0.25, 0.3) is 0 Å². The van der Waals surface area contributed by atoms with Crippen LogP contribution >= 0.6 is 0 Å².